The molecule has 0 atom stereocenters. The summed E-state index contributed by atoms with van der Waals surface area (Å²) < 4.78 is 11.4. The van der Waals surface area contributed by atoms with E-state index < -0.39 is 11.5 Å². The lowest BCUT2D eigenvalue weighted by Crippen LogP contribution is -2.18. The van der Waals surface area contributed by atoms with Gasteiger partial charge in [-0.1, -0.05) is 0 Å². The van der Waals surface area contributed by atoms with Gasteiger partial charge >= 0.3 is 5.97 Å². The summed E-state index contributed by atoms with van der Waals surface area (Å²) in [5.74, 6) is -0.00158. The van der Waals surface area contributed by atoms with Crippen LogP contribution >= 0.6 is 15.9 Å². The number of nitrogens with zero attached hydrogens (tertiary/aromatic N) is 2. The molecule has 0 aliphatic heterocycles. The molecule has 1 heterocycles. The minimum atomic E-state index is -0.505. The maximum atomic E-state index is 12.4. The molecule has 1 N–H and O–H groups in total. The fourth-order valence-electron chi connectivity index (χ4n) is 2.81. The van der Waals surface area contributed by atoms with Crippen LogP contribution in [-0.4, -0.2) is 17.6 Å². The van der Waals surface area contributed by atoms with Gasteiger partial charge in [0.2, 0.25) is 0 Å². The molecule has 0 spiro atoms. The molecule has 0 aliphatic rings. The van der Waals surface area contributed by atoms with Gasteiger partial charge < -0.3 is 14.5 Å². The standard InChI is InChI=1S/C20H18BrN3O4/c1-4-27-17-8-13(9-22)7-16(21)19(17)28-18(25)6-5-14-11(2)15(10-23)20(26)24-12(14)3/h7-8H,4-6H2,1-3H3,(H,24,26). The maximum Gasteiger partial charge on any atom is 0.311 e. The number of pyridine rings is 1. The Hall–Kier alpha value is -3.10. The van der Waals surface area contributed by atoms with Crippen LogP contribution in [-0.2, 0) is 11.2 Å². The molecule has 0 amide bonds. The second-order valence-corrected chi connectivity index (χ2v) is 6.83. The van der Waals surface area contributed by atoms with Crippen LogP contribution in [0.15, 0.2) is 21.4 Å². The minimum Gasteiger partial charge on any atom is -0.490 e. The Morgan fingerprint density at radius 3 is 2.57 bits per heavy atom. The molecular weight excluding hydrogens is 426 g/mol. The highest BCUT2D eigenvalue weighted by molar-refractivity contribution is 9.10. The number of H-pyrrole nitrogens is 1. The van der Waals surface area contributed by atoms with Crippen LogP contribution in [0.1, 0.15) is 41.3 Å². The highest BCUT2D eigenvalue weighted by Crippen LogP contribution is 2.37. The SMILES string of the molecule is CCOc1cc(C#N)cc(Br)c1OC(=O)CCc1c(C)[nH]c(=O)c(C#N)c1C. The third kappa shape index (κ3) is 4.59. The molecule has 0 radical (unpaired) electrons. The average molecular weight is 444 g/mol. The van der Waals surface area contributed by atoms with Crippen molar-refractivity contribution >= 4 is 21.9 Å². The third-order valence-electron chi connectivity index (χ3n) is 4.15. The van der Waals surface area contributed by atoms with Crippen molar-refractivity contribution in [3.8, 4) is 23.6 Å². The summed E-state index contributed by atoms with van der Waals surface area (Å²) in [7, 11) is 0. The molecule has 7 nitrogen and oxygen atoms in total. The number of ether oxygens (including phenoxy) is 2. The first-order valence-electron chi connectivity index (χ1n) is 8.51. The van der Waals surface area contributed by atoms with Crippen LogP contribution in [0.4, 0.5) is 0 Å². The van der Waals surface area contributed by atoms with E-state index >= 15 is 0 Å². The number of rotatable bonds is 6. The number of carbonyl (C=O) groups is 1. The summed E-state index contributed by atoms with van der Waals surface area (Å²) in [4.78, 5) is 26.8. The van der Waals surface area contributed by atoms with Crippen molar-refractivity contribution in [2.24, 2.45) is 0 Å². The van der Waals surface area contributed by atoms with Crippen molar-refractivity contribution < 1.29 is 14.3 Å². The lowest BCUT2D eigenvalue weighted by atomic mass is 9.99. The molecule has 1 aromatic carbocycles. The van der Waals surface area contributed by atoms with Crippen molar-refractivity contribution in [1.82, 2.24) is 4.98 Å². The molecule has 8 heteroatoms. The van der Waals surface area contributed by atoms with E-state index in [-0.39, 0.29) is 17.7 Å². The average Bonchev–Trinajstić information content (AvgIpc) is 2.64. The smallest absolute Gasteiger partial charge is 0.311 e. The van der Waals surface area contributed by atoms with Crippen molar-refractivity contribution in [3.05, 3.63) is 54.9 Å². The van der Waals surface area contributed by atoms with Gasteiger partial charge in [-0.05, 0) is 60.3 Å². The fourth-order valence-corrected chi connectivity index (χ4v) is 3.33. The zero-order chi connectivity index (χ0) is 20.8. The number of halogens is 1. The number of benzene rings is 1. The summed E-state index contributed by atoms with van der Waals surface area (Å²) in [6.45, 7) is 5.54. The minimum absolute atomic E-state index is 0.0383. The molecule has 0 aliphatic carbocycles. The van der Waals surface area contributed by atoms with Gasteiger partial charge in [-0.3, -0.25) is 9.59 Å². The molecule has 0 saturated heterocycles. The van der Waals surface area contributed by atoms with Gasteiger partial charge in [0, 0.05) is 11.8 Å². The van der Waals surface area contributed by atoms with Crippen molar-refractivity contribution in [2.75, 3.05) is 6.61 Å². The topological polar surface area (TPSA) is 116 Å². The zero-order valence-corrected chi connectivity index (χ0v) is 17.3. The number of nitrogens with one attached hydrogen (secondary N) is 1. The summed E-state index contributed by atoms with van der Waals surface area (Å²) in [6.07, 6.45) is 0.344. The van der Waals surface area contributed by atoms with E-state index in [0.717, 1.165) is 5.56 Å². The second-order valence-electron chi connectivity index (χ2n) is 5.97. The fraction of sp³-hybridized carbons (Fsp3) is 0.300. The summed E-state index contributed by atoms with van der Waals surface area (Å²) in [6, 6.07) is 6.95. The molecule has 144 valence electrons. The molecule has 28 heavy (non-hydrogen) atoms. The summed E-state index contributed by atoms with van der Waals surface area (Å²) in [5, 5.41) is 18.2. The zero-order valence-electron chi connectivity index (χ0n) is 15.7. The number of carbonyl (C=O) groups excluding carboxylic acids is 1. The monoisotopic (exact) mass is 443 g/mol. The second kappa shape index (κ2) is 9.20. The van der Waals surface area contributed by atoms with Crippen molar-refractivity contribution in [3.63, 3.8) is 0 Å². The van der Waals surface area contributed by atoms with E-state index in [2.05, 4.69) is 20.9 Å². The number of aryl methyl sites for hydroxylation is 1. The molecule has 0 bridgehead atoms. The number of aromatic nitrogens is 1. The van der Waals surface area contributed by atoms with Crippen molar-refractivity contribution in [1.29, 1.82) is 10.5 Å². The Morgan fingerprint density at radius 1 is 1.25 bits per heavy atom. The molecule has 2 aromatic rings. The highest BCUT2D eigenvalue weighted by atomic mass is 79.9. The molecule has 2 rings (SSSR count). The molecule has 1 aromatic heterocycles. The quantitative estimate of drug-likeness (QED) is 0.539. The highest BCUT2D eigenvalue weighted by Gasteiger charge is 2.18. The Morgan fingerprint density at radius 2 is 1.96 bits per heavy atom. The van der Waals surface area contributed by atoms with E-state index in [4.69, 9.17) is 20.0 Å². The van der Waals surface area contributed by atoms with Gasteiger partial charge in [-0.15, -0.1) is 0 Å². The number of esters is 1. The van der Waals surface area contributed by atoms with Gasteiger partial charge in [0.25, 0.3) is 5.56 Å². The van der Waals surface area contributed by atoms with E-state index in [0.29, 0.717) is 40.1 Å². The normalized spacial score (nSPS) is 10.1. The van der Waals surface area contributed by atoms with Crippen LogP contribution < -0.4 is 15.0 Å². The van der Waals surface area contributed by atoms with Crippen LogP contribution in [0, 0.1) is 36.5 Å². The number of hydrogen-bond acceptors (Lipinski definition) is 6. The summed E-state index contributed by atoms with van der Waals surface area (Å²) in [5.41, 5.74) is 1.89. The molecule has 0 unspecified atom stereocenters. The largest absolute Gasteiger partial charge is 0.490 e. The third-order valence-corrected chi connectivity index (χ3v) is 4.74. The van der Waals surface area contributed by atoms with E-state index in [9.17, 15) is 9.59 Å². The Balaban J connectivity index is 2.22. The lowest BCUT2D eigenvalue weighted by molar-refractivity contribution is -0.134. The first-order valence-corrected chi connectivity index (χ1v) is 9.31. The van der Waals surface area contributed by atoms with E-state index in [1.807, 2.05) is 12.1 Å². The van der Waals surface area contributed by atoms with Gasteiger partial charge in [0.15, 0.2) is 11.5 Å². The van der Waals surface area contributed by atoms with E-state index in [1.165, 1.54) is 6.07 Å². The Bertz CT molecular complexity index is 1060. The van der Waals surface area contributed by atoms with Crippen LogP contribution in [0.5, 0.6) is 11.5 Å². The van der Waals surface area contributed by atoms with E-state index in [1.54, 1.807) is 26.8 Å². The van der Waals surface area contributed by atoms with Gasteiger partial charge in [0.1, 0.15) is 11.6 Å². The number of aromatic amines is 1. The predicted molar refractivity (Wildman–Crippen MR) is 105 cm³/mol. The Labute approximate surface area is 170 Å². The van der Waals surface area contributed by atoms with Crippen LogP contribution in [0.25, 0.3) is 0 Å². The first kappa shape index (κ1) is 21.2. The number of nitriles is 2. The van der Waals surface area contributed by atoms with Gasteiger partial charge in [-0.25, -0.2) is 0 Å². The Kier molecular flexibility index (Phi) is 6.97. The van der Waals surface area contributed by atoms with Crippen molar-refractivity contribution in [2.45, 2.75) is 33.6 Å². The predicted octanol–water partition coefficient (Wildman–Crippen LogP) is 3.43. The first-order chi connectivity index (χ1) is 13.3. The van der Waals surface area contributed by atoms with Gasteiger partial charge in [-0.2, -0.15) is 10.5 Å². The maximum absolute atomic E-state index is 12.4. The van der Waals surface area contributed by atoms with Crippen LogP contribution in [0.2, 0.25) is 0 Å². The van der Waals surface area contributed by atoms with Gasteiger partial charge in [0.05, 0.1) is 29.1 Å². The van der Waals surface area contributed by atoms with Crippen LogP contribution in [0.3, 0.4) is 0 Å². The molecular formula is C20H18BrN3O4. The molecule has 0 saturated carbocycles. The number of hydrogen-bond donors (Lipinski definition) is 1. The lowest BCUT2D eigenvalue weighted by Gasteiger charge is -2.14. The summed E-state index contributed by atoms with van der Waals surface area (Å²) >= 11 is 3.30. The molecule has 0 fully saturated rings.